The van der Waals surface area contributed by atoms with Gasteiger partial charge in [-0.25, -0.2) is 0 Å². The first-order valence-electron chi connectivity index (χ1n) is 6.32. The van der Waals surface area contributed by atoms with Gasteiger partial charge in [0.25, 0.3) is 5.69 Å². The summed E-state index contributed by atoms with van der Waals surface area (Å²) >= 11 is 17.9. The van der Waals surface area contributed by atoms with E-state index in [1.807, 2.05) is 0 Å². The second-order valence-electron chi connectivity index (χ2n) is 4.62. The molecule has 5 nitrogen and oxygen atoms in total. The van der Waals surface area contributed by atoms with Crippen LogP contribution in [0.1, 0.15) is 0 Å². The minimum Gasteiger partial charge on any atom is -0.356 e. The molecule has 0 aliphatic rings. The lowest BCUT2D eigenvalue weighted by Crippen LogP contribution is -1.91. The molecule has 0 saturated carbocycles. The second-order valence-corrected chi connectivity index (χ2v) is 5.90. The maximum Gasteiger partial charge on any atom is 0.278 e. The van der Waals surface area contributed by atoms with Crippen LogP contribution in [0, 0.1) is 10.1 Å². The standard InChI is InChI=1S/C15H7Cl3N2O3/c16-8-2-4-14(20(21)22)11(5-8)13-7-15(23-19-13)10-3-1-9(17)6-12(10)18/h1-7H. The van der Waals surface area contributed by atoms with Gasteiger partial charge in [0.1, 0.15) is 5.69 Å². The van der Waals surface area contributed by atoms with Crippen molar-refractivity contribution in [1.82, 2.24) is 5.16 Å². The number of rotatable bonds is 3. The summed E-state index contributed by atoms with van der Waals surface area (Å²) < 4.78 is 5.26. The highest BCUT2D eigenvalue weighted by Crippen LogP contribution is 2.36. The average Bonchev–Trinajstić information content (AvgIpc) is 2.96. The van der Waals surface area contributed by atoms with Gasteiger partial charge in [-0.2, -0.15) is 0 Å². The Balaban J connectivity index is 2.09. The molecule has 0 fully saturated rings. The summed E-state index contributed by atoms with van der Waals surface area (Å²) in [7, 11) is 0. The zero-order valence-electron chi connectivity index (χ0n) is 11.3. The molecule has 3 rings (SSSR count). The number of hydrogen-bond donors (Lipinski definition) is 0. The van der Waals surface area contributed by atoms with E-state index in [9.17, 15) is 10.1 Å². The molecule has 0 saturated heterocycles. The van der Waals surface area contributed by atoms with Crippen molar-refractivity contribution in [3.05, 3.63) is 67.6 Å². The van der Waals surface area contributed by atoms with Gasteiger partial charge in [-0.05, 0) is 30.3 Å². The molecule has 2 aromatic carbocycles. The van der Waals surface area contributed by atoms with Crippen LogP contribution in [0.4, 0.5) is 5.69 Å². The Morgan fingerprint density at radius 3 is 2.35 bits per heavy atom. The van der Waals surface area contributed by atoms with Crippen LogP contribution < -0.4 is 0 Å². The minimum absolute atomic E-state index is 0.114. The number of benzene rings is 2. The van der Waals surface area contributed by atoms with Crippen molar-refractivity contribution in [3.63, 3.8) is 0 Å². The van der Waals surface area contributed by atoms with Gasteiger partial charge < -0.3 is 4.52 Å². The number of nitro benzene ring substituents is 1. The molecule has 0 aliphatic carbocycles. The van der Waals surface area contributed by atoms with Crippen LogP contribution in [0.15, 0.2) is 47.0 Å². The van der Waals surface area contributed by atoms with Crippen molar-refractivity contribution in [3.8, 4) is 22.6 Å². The third-order valence-corrected chi connectivity index (χ3v) is 3.92. The highest BCUT2D eigenvalue weighted by atomic mass is 35.5. The molecule has 0 amide bonds. The number of nitro groups is 1. The van der Waals surface area contributed by atoms with Gasteiger partial charge >= 0.3 is 0 Å². The Kier molecular flexibility index (Phi) is 4.26. The molecule has 3 aromatic rings. The molecule has 0 N–H and O–H groups in total. The van der Waals surface area contributed by atoms with E-state index < -0.39 is 4.92 Å². The van der Waals surface area contributed by atoms with E-state index in [1.54, 1.807) is 24.3 Å². The molecule has 23 heavy (non-hydrogen) atoms. The van der Waals surface area contributed by atoms with Gasteiger partial charge in [0.05, 0.1) is 15.5 Å². The first-order chi connectivity index (χ1) is 11.0. The van der Waals surface area contributed by atoms with E-state index in [2.05, 4.69) is 5.16 Å². The molecular formula is C15H7Cl3N2O3. The average molecular weight is 370 g/mol. The lowest BCUT2D eigenvalue weighted by atomic mass is 10.1. The Morgan fingerprint density at radius 2 is 1.65 bits per heavy atom. The van der Waals surface area contributed by atoms with Crippen LogP contribution >= 0.6 is 34.8 Å². The minimum atomic E-state index is -0.505. The zero-order valence-corrected chi connectivity index (χ0v) is 13.6. The van der Waals surface area contributed by atoms with Crippen LogP contribution in [0.5, 0.6) is 0 Å². The highest BCUT2D eigenvalue weighted by Gasteiger charge is 2.20. The molecule has 0 radical (unpaired) electrons. The third kappa shape index (κ3) is 3.17. The smallest absolute Gasteiger partial charge is 0.278 e. The topological polar surface area (TPSA) is 69.2 Å². The summed E-state index contributed by atoms with van der Waals surface area (Å²) in [6, 6.07) is 10.7. The molecule has 0 aliphatic heterocycles. The third-order valence-electron chi connectivity index (χ3n) is 3.14. The number of halogens is 3. The van der Waals surface area contributed by atoms with E-state index in [4.69, 9.17) is 39.3 Å². The van der Waals surface area contributed by atoms with Gasteiger partial charge in [-0.3, -0.25) is 10.1 Å². The summed E-state index contributed by atoms with van der Waals surface area (Å²) in [4.78, 5) is 10.6. The van der Waals surface area contributed by atoms with Gasteiger partial charge in [0.2, 0.25) is 0 Å². The van der Waals surface area contributed by atoms with Crippen LogP contribution in [0.25, 0.3) is 22.6 Å². The van der Waals surface area contributed by atoms with Crippen LogP contribution in [0.2, 0.25) is 15.1 Å². The predicted molar refractivity (Wildman–Crippen MR) is 89.1 cm³/mol. The maximum atomic E-state index is 11.1. The van der Waals surface area contributed by atoms with E-state index in [-0.39, 0.29) is 11.3 Å². The SMILES string of the molecule is O=[N+]([O-])c1ccc(Cl)cc1-c1cc(-c2ccc(Cl)cc2Cl)on1. The Morgan fingerprint density at radius 1 is 0.957 bits per heavy atom. The number of nitrogens with zero attached hydrogens (tertiary/aromatic N) is 2. The normalized spacial score (nSPS) is 10.7. The maximum absolute atomic E-state index is 11.1. The summed E-state index contributed by atoms with van der Waals surface area (Å²) in [5.41, 5.74) is 1.03. The molecule has 0 atom stereocenters. The van der Waals surface area contributed by atoms with Crippen LogP contribution in [0.3, 0.4) is 0 Å². The first-order valence-corrected chi connectivity index (χ1v) is 7.45. The molecule has 1 heterocycles. The van der Waals surface area contributed by atoms with Gasteiger partial charge in [-0.15, -0.1) is 0 Å². The lowest BCUT2D eigenvalue weighted by Gasteiger charge is -2.00. The van der Waals surface area contributed by atoms with Gasteiger partial charge in [0.15, 0.2) is 5.76 Å². The Labute approximate surface area is 145 Å². The summed E-state index contributed by atoms with van der Waals surface area (Å²) in [5.74, 6) is 0.371. The van der Waals surface area contributed by atoms with E-state index >= 15 is 0 Å². The van der Waals surface area contributed by atoms with Gasteiger partial charge in [-0.1, -0.05) is 40.0 Å². The molecular weight excluding hydrogens is 363 g/mol. The van der Waals surface area contributed by atoms with E-state index in [0.717, 1.165) is 0 Å². The molecule has 0 unspecified atom stereocenters. The summed E-state index contributed by atoms with van der Waals surface area (Å²) in [6.45, 7) is 0. The van der Waals surface area contributed by atoms with Crippen molar-refractivity contribution in [1.29, 1.82) is 0 Å². The monoisotopic (exact) mass is 368 g/mol. The largest absolute Gasteiger partial charge is 0.356 e. The Bertz CT molecular complexity index is 909. The fourth-order valence-electron chi connectivity index (χ4n) is 2.09. The molecule has 116 valence electrons. The fraction of sp³-hybridized carbons (Fsp3) is 0. The summed E-state index contributed by atoms with van der Waals surface area (Å²) in [6.07, 6.45) is 0. The fourth-order valence-corrected chi connectivity index (χ4v) is 2.76. The Hall–Kier alpha value is -2.08. The zero-order chi connectivity index (χ0) is 16.6. The van der Waals surface area contributed by atoms with Crippen molar-refractivity contribution in [2.45, 2.75) is 0 Å². The number of hydrogen-bond acceptors (Lipinski definition) is 4. The van der Waals surface area contributed by atoms with Crippen molar-refractivity contribution in [2.24, 2.45) is 0 Å². The van der Waals surface area contributed by atoms with Crippen LogP contribution in [-0.4, -0.2) is 10.1 Å². The summed E-state index contributed by atoms with van der Waals surface area (Å²) in [5, 5.41) is 16.3. The van der Waals surface area contributed by atoms with Gasteiger partial charge in [0, 0.05) is 27.7 Å². The molecule has 0 bridgehead atoms. The predicted octanol–water partition coefficient (Wildman–Crippen LogP) is 5.88. The second kappa shape index (κ2) is 6.20. The van der Waals surface area contributed by atoms with Crippen molar-refractivity contribution >= 4 is 40.5 Å². The van der Waals surface area contributed by atoms with E-state index in [1.165, 1.54) is 18.2 Å². The van der Waals surface area contributed by atoms with E-state index in [0.29, 0.717) is 32.1 Å². The molecule has 8 heteroatoms. The van der Waals surface area contributed by atoms with Crippen molar-refractivity contribution in [2.75, 3.05) is 0 Å². The molecule has 1 aromatic heterocycles. The lowest BCUT2D eigenvalue weighted by molar-refractivity contribution is -0.384. The molecule has 0 spiro atoms. The first kappa shape index (κ1) is 15.8. The van der Waals surface area contributed by atoms with Crippen molar-refractivity contribution < 1.29 is 9.45 Å². The number of aromatic nitrogens is 1. The highest BCUT2D eigenvalue weighted by molar-refractivity contribution is 6.36. The van der Waals surface area contributed by atoms with Crippen LogP contribution in [-0.2, 0) is 0 Å². The quantitative estimate of drug-likeness (QED) is 0.427.